The molecular formula is C20H38O3P6. The molecular weight excluding hydrogens is 474 g/mol. The van der Waals surface area contributed by atoms with Crippen LogP contribution in [0.1, 0.15) is 46.0 Å². The van der Waals surface area contributed by atoms with Crippen LogP contribution in [-0.2, 0) is 13.6 Å². The van der Waals surface area contributed by atoms with Crippen molar-refractivity contribution in [3.05, 3.63) is 60.8 Å². The first-order chi connectivity index (χ1) is 14.1. The largest absolute Gasteiger partial charge is 0.358 e. The van der Waals surface area contributed by atoms with Crippen LogP contribution in [0.15, 0.2) is 60.8 Å². The van der Waals surface area contributed by atoms with E-state index in [-0.39, 0.29) is 18.3 Å². The van der Waals surface area contributed by atoms with E-state index < -0.39 is 7.53 Å². The van der Waals surface area contributed by atoms with Gasteiger partial charge in [0.05, 0.1) is 25.8 Å². The van der Waals surface area contributed by atoms with Crippen molar-refractivity contribution in [2.24, 2.45) is 0 Å². The Balaban J connectivity index is 4.45. The van der Waals surface area contributed by atoms with Gasteiger partial charge in [-0.1, -0.05) is 114 Å². The Morgan fingerprint density at radius 2 is 1.52 bits per heavy atom. The second-order valence-electron chi connectivity index (χ2n) is 6.21. The Morgan fingerprint density at radius 1 is 0.897 bits per heavy atom. The Bertz CT molecular complexity index is 520. The quantitative estimate of drug-likeness (QED) is 0.146. The van der Waals surface area contributed by atoms with Crippen LogP contribution in [0.2, 0.25) is 0 Å². The van der Waals surface area contributed by atoms with Crippen molar-refractivity contribution < 1.29 is 13.6 Å². The third kappa shape index (κ3) is 19.6. The maximum atomic E-state index is 5.80. The summed E-state index contributed by atoms with van der Waals surface area (Å²) < 4.78 is 16.9. The summed E-state index contributed by atoms with van der Waals surface area (Å²) >= 11 is 0. The SMILES string of the molecule is CCCCC(/C=C/C=C/C=C/C(C/C=C\C=C\C(CC)OP(P)P)OPP)OP. The van der Waals surface area contributed by atoms with Crippen LogP contribution >= 0.6 is 52.3 Å². The summed E-state index contributed by atoms with van der Waals surface area (Å²) in [6, 6.07) is 0. The zero-order valence-electron chi connectivity index (χ0n) is 17.5. The molecule has 8 atom stereocenters. The Labute approximate surface area is 190 Å². The summed E-state index contributed by atoms with van der Waals surface area (Å²) in [5, 5.41) is 0. The molecule has 0 aliphatic heterocycles. The molecule has 29 heavy (non-hydrogen) atoms. The molecule has 166 valence electrons. The molecule has 0 fully saturated rings. The van der Waals surface area contributed by atoms with Gasteiger partial charge in [0, 0.05) is 18.0 Å². The molecule has 0 amide bonds. The summed E-state index contributed by atoms with van der Waals surface area (Å²) in [6.45, 7) is 4.32. The lowest BCUT2D eigenvalue weighted by Crippen LogP contribution is -2.02. The summed E-state index contributed by atoms with van der Waals surface area (Å²) in [6.07, 6.45) is 26.3. The van der Waals surface area contributed by atoms with Crippen molar-refractivity contribution in [3.63, 3.8) is 0 Å². The molecule has 0 aromatic heterocycles. The molecule has 0 heterocycles. The molecule has 0 bridgehead atoms. The van der Waals surface area contributed by atoms with E-state index in [1.165, 1.54) is 12.8 Å². The predicted molar refractivity (Wildman–Crippen MR) is 149 cm³/mol. The number of hydrogen-bond donors (Lipinski definition) is 0. The number of allylic oxidation sites excluding steroid dienone is 6. The molecule has 0 saturated carbocycles. The molecule has 0 aromatic carbocycles. The fourth-order valence-electron chi connectivity index (χ4n) is 2.25. The van der Waals surface area contributed by atoms with Crippen molar-refractivity contribution in [1.29, 1.82) is 0 Å². The molecule has 9 heteroatoms. The Morgan fingerprint density at radius 3 is 2.07 bits per heavy atom. The predicted octanol–water partition coefficient (Wildman–Crippen LogP) is 8.06. The third-order valence-corrected chi connectivity index (χ3v) is 6.26. The minimum absolute atomic E-state index is 0.0712. The van der Waals surface area contributed by atoms with E-state index in [0.717, 1.165) is 19.3 Å². The highest BCUT2D eigenvalue weighted by Crippen LogP contribution is 2.54. The van der Waals surface area contributed by atoms with Crippen LogP contribution < -0.4 is 0 Å². The van der Waals surface area contributed by atoms with Gasteiger partial charge < -0.3 is 13.6 Å². The first kappa shape index (κ1) is 30.2. The smallest absolute Gasteiger partial charge is 0.0836 e. The van der Waals surface area contributed by atoms with Crippen LogP contribution in [0.4, 0.5) is 0 Å². The molecule has 0 aliphatic rings. The van der Waals surface area contributed by atoms with Gasteiger partial charge in [0.1, 0.15) is 0 Å². The number of hydrogen-bond acceptors (Lipinski definition) is 3. The average molecular weight is 512 g/mol. The molecule has 8 unspecified atom stereocenters. The average Bonchev–Trinajstić information content (AvgIpc) is 2.71. The zero-order valence-corrected chi connectivity index (χ0v) is 24.0. The molecule has 0 rings (SSSR count). The zero-order chi connectivity index (χ0) is 21.7. The van der Waals surface area contributed by atoms with E-state index >= 15 is 0 Å². The standard InChI is InChI=1S/C20H38O3P6/c1-3-5-13-19(21-24)15-9-6-7-10-16-20(22-28-25)17-12-8-11-14-18(4-2)23-29(26)27/h6-12,14-16,18-20,28H,3-5,13,17,24-27H2,1-2H3/b7-6+,12-8-,14-11+,15-9+,16-10+. The van der Waals surface area contributed by atoms with Gasteiger partial charge in [0.2, 0.25) is 0 Å². The fourth-order valence-corrected chi connectivity index (χ4v) is 4.83. The minimum atomic E-state index is -0.497. The summed E-state index contributed by atoms with van der Waals surface area (Å²) in [4.78, 5) is 0. The summed E-state index contributed by atoms with van der Waals surface area (Å²) in [7, 11) is 10.3. The van der Waals surface area contributed by atoms with E-state index in [9.17, 15) is 0 Å². The summed E-state index contributed by atoms with van der Waals surface area (Å²) in [5.74, 6) is 0. The van der Waals surface area contributed by atoms with E-state index in [1.54, 1.807) is 0 Å². The molecule has 0 aliphatic carbocycles. The second kappa shape index (κ2) is 22.4. The first-order valence-electron chi connectivity index (χ1n) is 9.85. The van der Waals surface area contributed by atoms with Gasteiger partial charge in [0.25, 0.3) is 0 Å². The molecule has 0 aromatic rings. The van der Waals surface area contributed by atoms with Crippen molar-refractivity contribution >= 4 is 52.3 Å². The lowest BCUT2D eigenvalue weighted by molar-refractivity contribution is 0.276. The van der Waals surface area contributed by atoms with E-state index in [4.69, 9.17) is 13.6 Å². The highest BCUT2D eigenvalue weighted by molar-refractivity contribution is 8.41. The first-order valence-corrected chi connectivity index (χ1v) is 17.5. The van der Waals surface area contributed by atoms with E-state index in [2.05, 4.69) is 86.6 Å². The van der Waals surface area contributed by atoms with Gasteiger partial charge >= 0.3 is 0 Å². The van der Waals surface area contributed by atoms with Crippen LogP contribution in [0.3, 0.4) is 0 Å². The molecule has 0 N–H and O–H groups in total. The third-order valence-electron chi connectivity index (χ3n) is 3.82. The maximum absolute atomic E-state index is 5.80. The van der Waals surface area contributed by atoms with Crippen LogP contribution in [0.5, 0.6) is 0 Å². The monoisotopic (exact) mass is 512 g/mol. The lowest BCUT2D eigenvalue weighted by atomic mass is 10.1. The van der Waals surface area contributed by atoms with Gasteiger partial charge in [-0.2, -0.15) is 0 Å². The van der Waals surface area contributed by atoms with Crippen LogP contribution in [0, 0.1) is 0 Å². The van der Waals surface area contributed by atoms with Gasteiger partial charge in [-0.3, -0.25) is 0 Å². The molecule has 0 radical (unpaired) electrons. The Kier molecular flexibility index (Phi) is 23.3. The maximum Gasteiger partial charge on any atom is 0.0836 e. The van der Waals surface area contributed by atoms with E-state index in [0.29, 0.717) is 8.50 Å². The molecule has 0 spiro atoms. The molecule has 3 nitrogen and oxygen atoms in total. The number of rotatable bonds is 17. The normalized spacial score (nSPS) is 16.8. The minimum Gasteiger partial charge on any atom is -0.358 e. The van der Waals surface area contributed by atoms with Crippen LogP contribution in [0.25, 0.3) is 0 Å². The summed E-state index contributed by atoms with van der Waals surface area (Å²) in [5.41, 5.74) is 0. The van der Waals surface area contributed by atoms with Crippen LogP contribution in [-0.4, -0.2) is 18.3 Å². The highest BCUT2D eigenvalue weighted by Gasteiger charge is 2.04. The van der Waals surface area contributed by atoms with Gasteiger partial charge in [0.15, 0.2) is 0 Å². The van der Waals surface area contributed by atoms with Crippen molar-refractivity contribution in [2.45, 2.75) is 64.3 Å². The molecule has 0 saturated heterocycles. The van der Waals surface area contributed by atoms with Crippen molar-refractivity contribution in [3.8, 4) is 0 Å². The highest BCUT2D eigenvalue weighted by atomic mass is 32.4. The van der Waals surface area contributed by atoms with Gasteiger partial charge in [-0.15, -0.1) is 0 Å². The van der Waals surface area contributed by atoms with Gasteiger partial charge in [-0.05, 0) is 19.3 Å². The van der Waals surface area contributed by atoms with Crippen molar-refractivity contribution in [1.82, 2.24) is 0 Å². The lowest BCUT2D eigenvalue weighted by Gasteiger charge is -2.13. The Hall–Kier alpha value is 1.16. The van der Waals surface area contributed by atoms with Gasteiger partial charge in [-0.25, -0.2) is 0 Å². The number of unbranched alkanes of at least 4 members (excludes halogenated alkanes) is 1. The van der Waals surface area contributed by atoms with Crippen molar-refractivity contribution in [2.75, 3.05) is 0 Å². The topological polar surface area (TPSA) is 27.7 Å². The fraction of sp³-hybridized carbons (Fsp3) is 0.500. The second-order valence-corrected chi connectivity index (χ2v) is 13.4. The van der Waals surface area contributed by atoms with E-state index in [1.807, 2.05) is 24.3 Å².